The molecule has 0 fully saturated rings. The number of thiazole rings is 1. The molecule has 0 saturated carbocycles. The van der Waals surface area contributed by atoms with Gasteiger partial charge in [0.15, 0.2) is 5.96 Å². The molecule has 0 bridgehead atoms. The van der Waals surface area contributed by atoms with Gasteiger partial charge in [0.2, 0.25) is 0 Å². The average Bonchev–Trinajstić information content (AvgIpc) is 3.02. The fraction of sp³-hybridized carbons (Fsp3) is 0.429. The first kappa shape index (κ1) is 18.4. The van der Waals surface area contributed by atoms with Crippen LogP contribution in [0.5, 0.6) is 0 Å². The third-order valence-electron chi connectivity index (χ3n) is 2.79. The van der Waals surface area contributed by atoms with E-state index < -0.39 is 0 Å². The van der Waals surface area contributed by atoms with Crippen molar-refractivity contribution >= 4 is 52.6 Å². The molecule has 2 heterocycles. The lowest BCUT2D eigenvalue weighted by Crippen LogP contribution is -2.36. The van der Waals surface area contributed by atoms with Gasteiger partial charge >= 0.3 is 0 Å². The van der Waals surface area contributed by atoms with Crippen LogP contribution in [0.15, 0.2) is 22.6 Å². The number of hydrogen-bond donors (Lipinski definition) is 2. The van der Waals surface area contributed by atoms with E-state index >= 15 is 0 Å². The highest BCUT2D eigenvalue weighted by atomic mass is 127. The lowest BCUT2D eigenvalue weighted by molar-refractivity contribution is 0.820. The minimum atomic E-state index is 0. The highest BCUT2D eigenvalue weighted by Crippen LogP contribution is 2.15. The van der Waals surface area contributed by atoms with Crippen LogP contribution in [-0.4, -0.2) is 17.5 Å². The summed E-state index contributed by atoms with van der Waals surface area (Å²) in [6, 6.07) is 4.27. The molecule has 4 nitrogen and oxygen atoms in total. The summed E-state index contributed by atoms with van der Waals surface area (Å²) >= 11 is 3.47. The van der Waals surface area contributed by atoms with Gasteiger partial charge in [0.1, 0.15) is 0 Å². The molecule has 0 spiro atoms. The first-order chi connectivity index (χ1) is 9.69. The molecular weight excluding hydrogens is 415 g/mol. The average molecular weight is 436 g/mol. The number of thiophene rings is 1. The molecule has 0 saturated heterocycles. The Morgan fingerprint density at radius 3 is 2.67 bits per heavy atom. The van der Waals surface area contributed by atoms with E-state index in [9.17, 15) is 0 Å². The third kappa shape index (κ3) is 5.91. The summed E-state index contributed by atoms with van der Waals surface area (Å²) in [4.78, 5) is 12.7. The van der Waals surface area contributed by atoms with E-state index in [-0.39, 0.29) is 24.0 Å². The van der Waals surface area contributed by atoms with E-state index in [1.54, 1.807) is 22.7 Å². The number of aliphatic imine (C=N–C) groups is 1. The van der Waals surface area contributed by atoms with Gasteiger partial charge in [-0.1, -0.05) is 0 Å². The first-order valence-corrected chi connectivity index (χ1v) is 8.35. The summed E-state index contributed by atoms with van der Waals surface area (Å²) in [5.41, 5.74) is 2.97. The van der Waals surface area contributed by atoms with Crippen molar-refractivity contribution in [3.8, 4) is 0 Å². The minimum Gasteiger partial charge on any atom is -0.357 e. The molecule has 21 heavy (non-hydrogen) atoms. The molecule has 0 aromatic carbocycles. The zero-order valence-corrected chi connectivity index (χ0v) is 16.4. The number of rotatable bonds is 5. The highest BCUT2D eigenvalue weighted by Gasteiger charge is 2.03. The molecule has 116 valence electrons. The molecule has 2 aromatic rings. The lowest BCUT2D eigenvalue weighted by atomic mass is 10.4. The molecule has 2 N–H and O–H groups in total. The van der Waals surface area contributed by atoms with E-state index in [0.717, 1.165) is 31.3 Å². The van der Waals surface area contributed by atoms with Crippen LogP contribution in [0.1, 0.15) is 27.2 Å². The molecule has 2 rings (SSSR count). The maximum absolute atomic E-state index is 4.62. The van der Waals surface area contributed by atoms with Crippen LogP contribution >= 0.6 is 46.7 Å². The van der Waals surface area contributed by atoms with Crippen LogP contribution in [0.4, 0.5) is 0 Å². The number of guanidine groups is 1. The second-order valence-corrected chi connectivity index (χ2v) is 6.73. The number of halogens is 1. The van der Waals surface area contributed by atoms with E-state index in [0.29, 0.717) is 0 Å². The highest BCUT2D eigenvalue weighted by molar-refractivity contribution is 14.0. The summed E-state index contributed by atoms with van der Waals surface area (Å²) in [5, 5.41) is 6.62. The fourth-order valence-corrected chi connectivity index (χ4v) is 3.26. The Kier molecular flexibility index (Phi) is 8.20. The second kappa shape index (κ2) is 9.37. The topological polar surface area (TPSA) is 49.3 Å². The fourth-order valence-electron chi connectivity index (χ4n) is 1.73. The van der Waals surface area contributed by atoms with Gasteiger partial charge < -0.3 is 10.6 Å². The Labute approximate surface area is 151 Å². The van der Waals surface area contributed by atoms with Crippen LogP contribution in [0.3, 0.4) is 0 Å². The maximum Gasteiger partial charge on any atom is 0.191 e. The Balaban J connectivity index is 0.00000220. The number of nitrogens with one attached hydrogen (secondary N) is 2. The molecule has 0 aliphatic carbocycles. The van der Waals surface area contributed by atoms with Crippen molar-refractivity contribution in [2.45, 2.75) is 33.9 Å². The molecule has 0 atom stereocenters. The molecule has 0 amide bonds. The van der Waals surface area contributed by atoms with Crippen LogP contribution < -0.4 is 10.6 Å². The Bertz CT molecular complexity index is 577. The quantitative estimate of drug-likeness (QED) is 0.427. The minimum absolute atomic E-state index is 0. The molecule has 7 heteroatoms. The van der Waals surface area contributed by atoms with Gasteiger partial charge in [-0.25, -0.2) is 9.98 Å². The normalized spacial score (nSPS) is 11.1. The summed E-state index contributed by atoms with van der Waals surface area (Å²) in [5.74, 6) is 0.853. The van der Waals surface area contributed by atoms with Gasteiger partial charge in [0, 0.05) is 21.2 Å². The standard InChI is InChI=1S/C14H20N4S2.HI/c1-4-15-14(16-7-12-6-5-10(2)20-12)17-8-13-11(3)18-9-19-13;/h5-6,9H,4,7-8H2,1-3H3,(H2,15,16,17);1H. The van der Waals surface area contributed by atoms with Crippen LogP contribution in [0.2, 0.25) is 0 Å². The van der Waals surface area contributed by atoms with Gasteiger partial charge in [-0.05, 0) is 32.9 Å². The number of nitrogens with zero attached hydrogens (tertiary/aromatic N) is 2. The predicted molar refractivity (Wildman–Crippen MR) is 103 cm³/mol. The van der Waals surface area contributed by atoms with E-state index in [2.05, 4.69) is 46.6 Å². The number of aromatic nitrogens is 1. The van der Waals surface area contributed by atoms with E-state index in [1.165, 1.54) is 14.6 Å². The summed E-state index contributed by atoms with van der Waals surface area (Å²) in [6.07, 6.45) is 0. The van der Waals surface area contributed by atoms with Crippen molar-refractivity contribution in [1.29, 1.82) is 0 Å². The monoisotopic (exact) mass is 436 g/mol. The molecule has 0 aliphatic heterocycles. The lowest BCUT2D eigenvalue weighted by Gasteiger charge is -2.10. The summed E-state index contributed by atoms with van der Waals surface area (Å²) < 4.78 is 0. The van der Waals surface area contributed by atoms with Crippen molar-refractivity contribution < 1.29 is 0 Å². The number of aryl methyl sites for hydroxylation is 2. The molecule has 0 radical (unpaired) electrons. The Hall–Kier alpha value is -0.670. The molecule has 0 aliphatic rings. The van der Waals surface area contributed by atoms with Crippen molar-refractivity contribution in [1.82, 2.24) is 15.6 Å². The van der Waals surface area contributed by atoms with Crippen LogP contribution in [-0.2, 0) is 13.1 Å². The zero-order chi connectivity index (χ0) is 14.4. The van der Waals surface area contributed by atoms with E-state index in [1.807, 2.05) is 12.4 Å². The van der Waals surface area contributed by atoms with Crippen LogP contribution in [0.25, 0.3) is 0 Å². The maximum atomic E-state index is 4.62. The Morgan fingerprint density at radius 1 is 1.29 bits per heavy atom. The first-order valence-electron chi connectivity index (χ1n) is 6.65. The second-order valence-electron chi connectivity index (χ2n) is 4.42. The van der Waals surface area contributed by atoms with Gasteiger partial charge in [-0.3, -0.25) is 0 Å². The SMILES string of the molecule is CCNC(=NCc1ccc(C)s1)NCc1scnc1C.I. The molecule has 0 unspecified atom stereocenters. The van der Waals surface area contributed by atoms with Crippen molar-refractivity contribution in [3.63, 3.8) is 0 Å². The summed E-state index contributed by atoms with van der Waals surface area (Å²) in [7, 11) is 0. The number of hydrogen-bond acceptors (Lipinski definition) is 4. The van der Waals surface area contributed by atoms with E-state index in [4.69, 9.17) is 0 Å². The zero-order valence-electron chi connectivity index (χ0n) is 12.5. The van der Waals surface area contributed by atoms with Gasteiger partial charge in [0.25, 0.3) is 0 Å². The third-order valence-corrected chi connectivity index (χ3v) is 4.72. The molecule has 2 aromatic heterocycles. The largest absolute Gasteiger partial charge is 0.357 e. The summed E-state index contributed by atoms with van der Waals surface area (Å²) in [6.45, 7) is 8.57. The van der Waals surface area contributed by atoms with Gasteiger partial charge in [0.05, 0.1) is 24.3 Å². The van der Waals surface area contributed by atoms with Crippen molar-refractivity contribution in [2.24, 2.45) is 4.99 Å². The van der Waals surface area contributed by atoms with Crippen molar-refractivity contribution in [2.75, 3.05) is 6.54 Å². The Morgan fingerprint density at radius 2 is 2.10 bits per heavy atom. The van der Waals surface area contributed by atoms with Crippen molar-refractivity contribution in [3.05, 3.63) is 38.0 Å². The molecular formula is C14H21IN4S2. The van der Waals surface area contributed by atoms with Gasteiger partial charge in [-0.2, -0.15) is 0 Å². The van der Waals surface area contributed by atoms with Gasteiger partial charge in [-0.15, -0.1) is 46.7 Å². The van der Waals surface area contributed by atoms with Crippen LogP contribution in [0, 0.1) is 13.8 Å². The predicted octanol–water partition coefficient (Wildman–Crippen LogP) is 3.69. The smallest absolute Gasteiger partial charge is 0.191 e.